The minimum Gasteiger partial charge on any atom is -0.494 e. The number of hydrogen-bond donors (Lipinski definition) is 0. The Kier molecular flexibility index (Phi) is 2.68. The molecule has 1 aliphatic rings. The molecule has 1 heterocycles. The second kappa shape index (κ2) is 4.13. The van der Waals surface area contributed by atoms with E-state index < -0.39 is 0 Å². The van der Waals surface area contributed by atoms with E-state index in [4.69, 9.17) is 9.47 Å². The molecule has 0 aromatic heterocycles. The second-order valence-electron chi connectivity index (χ2n) is 3.13. The van der Waals surface area contributed by atoms with E-state index >= 15 is 0 Å². The molecule has 0 saturated carbocycles. The van der Waals surface area contributed by atoms with Crippen LogP contribution >= 0.6 is 0 Å². The summed E-state index contributed by atoms with van der Waals surface area (Å²) in [5.74, 6) is 0.415. The van der Waals surface area contributed by atoms with Crippen molar-refractivity contribution in [2.75, 3.05) is 6.61 Å². The van der Waals surface area contributed by atoms with Gasteiger partial charge in [0.1, 0.15) is 24.3 Å². The number of benzene rings is 1. The van der Waals surface area contributed by atoms with Crippen LogP contribution in [0.15, 0.2) is 36.6 Å². The molecule has 1 aliphatic heterocycles. The molecule has 74 valence electrons. The van der Waals surface area contributed by atoms with Crippen LogP contribution in [0.3, 0.4) is 0 Å². The lowest BCUT2D eigenvalue weighted by atomic mass is 10.3. The van der Waals surface area contributed by atoms with E-state index in [1.54, 1.807) is 18.4 Å². The number of rotatable bonds is 3. The Morgan fingerprint density at radius 2 is 2.14 bits per heavy atom. The summed E-state index contributed by atoms with van der Waals surface area (Å²) in [4.78, 5) is 0. The van der Waals surface area contributed by atoms with Gasteiger partial charge in [-0.3, -0.25) is 0 Å². The Morgan fingerprint density at radius 1 is 1.36 bits per heavy atom. The van der Waals surface area contributed by atoms with Crippen LogP contribution in [0.1, 0.15) is 6.42 Å². The van der Waals surface area contributed by atoms with Crippen molar-refractivity contribution in [3.63, 3.8) is 0 Å². The van der Waals surface area contributed by atoms with Crippen molar-refractivity contribution < 1.29 is 13.9 Å². The molecule has 2 rings (SSSR count). The quantitative estimate of drug-likeness (QED) is 0.736. The Bertz CT molecular complexity index is 311. The molecule has 0 N–H and O–H groups in total. The lowest BCUT2D eigenvalue weighted by Crippen LogP contribution is -2.16. The summed E-state index contributed by atoms with van der Waals surface area (Å²) in [6.07, 6.45) is 4.61. The SMILES string of the molecule is Fc1ccc(OC[C@@H]2CC=CO2)cc1. The predicted molar refractivity (Wildman–Crippen MR) is 50.5 cm³/mol. The third kappa shape index (κ3) is 2.25. The summed E-state index contributed by atoms with van der Waals surface area (Å²) >= 11 is 0. The van der Waals surface area contributed by atoms with Gasteiger partial charge in [-0.15, -0.1) is 0 Å². The first-order valence-corrected chi connectivity index (χ1v) is 4.53. The topological polar surface area (TPSA) is 18.5 Å². The Balaban J connectivity index is 1.82. The fourth-order valence-corrected chi connectivity index (χ4v) is 1.26. The fraction of sp³-hybridized carbons (Fsp3) is 0.273. The van der Waals surface area contributed by atoms with Gasteiger partial charge in [0.15, 0.2) is 0 Å². The van der Waals surface area contributed by atoms with Gasteiger partial charge in [-0.05, 0) is 30.3 Å². The van der Waals surface area contributed by atoms with Crippen molar-refractivity contribution >= 4 is 0 Å². The summed E-state index contributed by atoms with van der Waals surface area (Å²) in [7, 11) is 0. The smallest absolute Gasteiger partial charge is 0.135 e. The van der Waals surface area contributed by atoms with E-state index in [1.807, 2.05) is 6.08 Å². The van der Waals surface area contributed by atoms with Gasteiger partial charge in [0, 0.05) is 6.42 Å². The zero-order valence-corrected chi connectivity index (χ0v) is 7.65. The standard InChI is InChI=1S/C11H11FO2/c12-9-3-5-10(6-4-9)14-8-11-2-1-7-13-11/h1,3-7,11H,2,8H2/t11-/m0/s1. The molecule has 0 unspecified atom stereocenters. The molecular weight excluding hydrogens is 183 g/mol. The van der Waals surface area contributed by atoms with Gasteiger partial charge in [0.2, 0.25) is 0 Å². The van der Waals surface area contributed by atoms with E-state index in [-0.39, 0.29) is 11.9 Å². The zero-order valence-electron chi connectivity index (χ0n) is 7.65. The highest BCUT2D eigenvalue weighted by atomic mass is 19.1. The Morgan fingerprint density at radius 3 is 2.79 bits per heavy atom. The number of halogens is 1. The number of ether oxygens (including phenoxy) is 2. The summed E-state index contributed by atoms with van der Waals surface area (Å²) in [5.41, 5.74) is 0. The molecule has 2 nitrogen and oxygen atoms in total. The highest BCUT2D eigenvalue weighted by Gasteiger charge is 2.11. The Hall–Kier alpha value is -1.51. The van der Waals surface area contributed by atoms with Crippen LogP contribution < -0.4 is 4.74 Å². The molecule has 0 bridgehead atoms. The van der Waals surface area contributed by atoms with E-state index in [0.717, 1.165) is 6.42 Å². The van der Waals surface area contributed by atoms with E-state index in [1.165, 1.54) is 12.1 Å². The average molecular weight is 194 g/mol. The van der Waals surface area contributed by atoms with Crippen LogP contribution in [-0.4, -0.2) is 12.7 Å². The van der Waals surface area contributed by atoms with E-state index in [2.05, 4.69) is 0 Å². The van der Waals surface area contributed by atoms with Gasteiger partial charge in [-0.1, -0.05) is 0 Å². The van der Waals surface area contributed by atoms with Crippen molar-refractivity contribution in [1.82, 2.24) is 0 Å². The maximum Gasteiger partial charge on any atom is 0.135 e. The molecule has 0 spiro atoms. The molecule has 0 radical (unpaired) electrons. The summed E-state index contributed by atoms with van der Waals surface area (Å²) in [6.45, 7) is 0.499. The monoisotopic (exact) mass is 194 g/mol. The third-order valence-electron chi connectivity index (χ3n) is 2.02. The first-order valence-electron chi connectivity index (χ1n) is 4.53. The first-order chi connectivity index (χ1) is 6.84. The van der Waals surface area contributed by atoms with Gasteiger partial charge < -0.3 is 9.47 Å². The van der Waals surface area contributed by atoms with Gasteiger partial charge in [-0.25, -0.2) is 4.39 Å². The van der Waals surface area contributed by atoms with Crippen LogP contribution in [0.25, 0.3) is 0 Å². The van der Waals surface area contributed by atoms with Crippen molar-refractivity contribution in [2.45, 2.75) is 12.5 Å². The normalized spacial score (nSPS) is 19.4. The highest BCUT2D eigenvalue weighted by molar-refractivity contribution is 5.22. The molecule has 0 saturated heterocycles. The zero-order chi connectivity index (χ0) is 9.80. The minimum absolute atomic E-state index is 0.0973. The maximum absolute atomic E-state index is 12.5. The van der Waals surface area contributed by atoms with Gasteiger partial charge in [0.05, 0.1) is 6.26 Å². The van der Waals surface area contributed by atoms with Crippen molar-refractivity contribution in [3.05, 3.63) is 42.4 Å². The van der Waals surface area contributed by atoms with Crippen LogP contribution in [0.2, 0.25) is 0 Å². The van der Waals surface area contributed by atoms with Gasteiger partial charge >= 0.3 is 0 Å². The third-order valence-corrected chi connectivity index (χ3v) is 2.02. The van der Waals surface area contributed by atoms with Crippen molar-refractivity contribution in [3.8, 4) is 5.75 Å². The summed E-state index contributed by atoms with van der Waals surface area (Å²) in [5, 5.41) is 0. The molecular formula is C11H11FO2. The largest absolute Gasteiger partial charge is 0.494 e. The maximum atomic E-state index is 12.5. The molecule has 0 fully saturated rings. The molecule has 1 atom stereocenters. The van der Waals surface area contributed by atoms with Crippen molar-refractivity contribution in [2.24, 2.45) is 0 Å². The predicted octanol–water partition coefficient (Wildman–Crippen LogP) is 2.51. The lowest BCUT2D eigenvalue weighted by molar-refractivity contribution is 0.108. The molecule has 0 aliphatic carbocycles. The number of hydrogen-bond acceptors (Lipinski definition) is 2. The van der Waals surface area contributed by atoms with E-state index in [9.17, 15) is 4.39 Å². The second-order valence-corrected chi connectivity index (χ2v) is 3.13. The lowest BCUT2D eigenvalue weighted by Gasteiger charge is -2.11. The molecule has 0 amide bonds. The van der Waals surface area contributed by atoms with Crippen LogP contribution in [0.5, 0.6) is 5.75 Å². The summed E-state index contributed by atoms with van der Waals surface area (Å²) < 4.78 is 23.2. The molecule has 3 heteroatoms. The fourth-order valence-electron chi connectivity index (χ4n) is 1.26. The molecule has 1 aromatic rings. The van der Waals surface area contributed by atoms with Gasteiger partial charge in [0.25, 0.3) is 0 Å². The molecule has 14 heavy (non-hydrogen) atoms. The average Bonchev–Trinajstić information content (AvgIpc) is 2.70. The van der Waals surface area contributed by atoms with E-state index in [0.29, 0.717) is 12.4 Å². The van der Waals surface area contributed by atoms with Crippen LogP contribution in [-0.2, 0) is 4.74 Å². The first kappa shape index (κ1) is 9.06. The highest BCUT2D eigenvalue weighted by Crippen LogP contribution is 2.14. The Labute approximate surface area is 82.0 Å². The van der Waals surface area contributed by atoms with Gasteiger partial charge in [-0.2, -0.15) is 0 Å². The molecule has 1 aromatic carbocycles. The van der Waals surface area contributed by atoms with Crippen LogP contribution in [0, 0.1) is 5.82 Å². The van der Waals surface area contributed by atoms with Crippen LogP contribution in [0.4, 0.5) is 4.39 Å². The minimum atomic E-state index is -0.254. The van der Waals surface area contributed by atoms with Crippen molar-refractivity contribution in [1.29, 1.82) is 0 Å². The summed E-state index contributed by atoms with van der Waals surface area (Å²) in [6, 6.07) is 5.97.